The summed E-state index contributed by atoms with van der Waals surface area (Å²) in [6.07, 6.45) is -4.16. The molecule has 0 unspecified atom stereocenters. The van der Waals surface area contributed by atoms with Crippen LogP contribution >= 0.6 is 11.6 Å². The number of hydrogen-bond donors (Lipinski definition) is 3. The number of nitrogens with zero attached hydrogens (tertiary/aromatic N) is 1. The Morgan fingerprint density at radius 3 is 2.47 bits per heavy atom. The van der Waals surface area contributed by atoms with Gasteiger partial charge in [-0.2, -0.15) is 13.2 Å². The predicted octanol–water partition coefficient (Wildman–Crippen LogP) is 5.55. The first-order valence-corrected chi connectivity index (χ1v) is 8.63. The van der Waals surface area contributed by atoms with Crippen molar-refractivity contribution < 1.29 is 41.2 Å². The zero-order valence-electron chi connectivity index (χ0n) is 25.4. The number of amides is 3. The molecule has 2 aromatic carbocycles. The molecule has 1 aromatic heterocycles. The Kier molecular flexibility index (Phi) is 3.86. The maximum atomic E-state index is 13.4. The zero-order valence-corrected chi connectivity index (χ0v) is 16.2. The molecule has 7 nitrogen and oxygen atoms in total. The fraction of sp³-hybridized carbons (Fsp3) is 0.0952. The summed E-state index contributed by atoms with van der Waals surface area (Å²) in [4.78, 5) is 28.3. The van der Waals surface area contributed by atoms with Crippen molar-refractivity contribution in [2.24, 2.45) is 0 Å². The highest BCUT2D eigenvalue weighted by Gasteiger charge is 2.33. The van der Waals surface area contributed by atoms with Crippen molar-refractivity contribution >= 4 is 34.9 Å². The van der Waals surface area contributed by atoms with Gasteiger partial charge in [0.25, 0.3) is 5.91 Å². The molecule has 3 aromatic rings. The molecule has 0 fully saturated rings. The molecule has 0 saturated heterocycles. The monoisotopic (exact) mass is 474 g/mol. The number of rotatable bonds is 5. The van der Waals surface area contributed by atoms with Crippen molar-refractivity contribution in [1.82, 2.24) is 10.3 Å². The van der Waals surface area contributed by atoms with Crippen LogP contribution in [-0.4, -0.2) is 23.9 Å². The number of urea groups is 1. The molecule has 0 bridgehead atoms. The molecule has 0 aliphatic carbocycles. The second-order valence-electron chi connectivity index (χ2n) is 5.65. The highest BCUT2D eigenvalue weighted by Crippen LogP contribution is 2.36. The lowest BCUT2D eigenvalue weighted by molar-refractivity contribution is -0.137. The minimum atomic E-state index is -5.21. The number of carbonyl (C=O) groups excluding carboxylic acids is 2. The molecule has 0 spiro atoms. The van der Waals surface area contributed by atoms with Gasteiger partial charge in [0.2, 0.25) is 0 Å². The van der Waals surface area contributed by atoms with Crippen molar-refractivity contribution in [3.8, 4) is 11.5 Å². The molecule has 11 heteroatoms. The van der Waals surface area contributed by atoms with Gasteiger partial charge in [-0.15, -0.1) is 0 Å². The lowest BCUT2D eigenvalue weighted by Crippen LogP contribution is -2.19. The van der Waals surface area contributed by atoms with Crippen LogP contribution in [0.1, 0.15) is 29.8 Å². The van der Waals surface area contributed by atoms with Crippen LogP contribution in [0.15, 0.2) is 60.6 Å². The number of aromatic nitrogens is 1. The van der Waals surface area contributed by atoms with E-state index in [1.165, 1.54) is 0 Å². The van der Waals surface area contributed by atoms with Crippen molar-refractivity contribution in [3.63, 3.8) is 0 Å². The molecule has 0 aliphatic heterocycles. The Hall–Kier alpha value is -3.79. The lowest BCUT2D eigenvalue weighted by Gasteiger charge is -2.12. The normalized spacial score (nSPS) is 15.8. The summed E-state index contributed by atoms with van der Waals surface area (Å²) < 4.78 is 123. The third-order valence-corrected chi connectivity index (χ3v) is 3.71. The first-order chi connectivity index (χ1) is 19.2. The number of anilines is 2. The van der Waals surface area contributed by atoms with Gasteiger partial charge in [-0.05, 0) is 48.4 Å². The third kappa shape index (κ3) is 5.88. The topological polar surface area (TPSA) is 92.3 Å². The summed E-state index contributed by atoms with van der Waals surface area (Å²) >= 11 is 5.50. The number of benzene rings is 2. The summed E-state index contributed by atoms with van der Waals surface area (Å²) in [6, 6.07) is -6.39. The van der Waals surface area contributed by atoms with Gasteiger partial charge in [0.15, 0.2) is 0 Å². The molecule has 1 heterocycles. The van der Waals surface area contributed by atoms with E-state index in [-0.39, 0.29) is 5.75 Å². The van der Waals surface area contributed by atoms with Gasteiger partial charge in [-0.1, -0.05) is 11.6 Å². The number of carbonyl (C=O) groups is 2. The van der Waals surface area contributed by atoms with Crippen molar-refractivity contribution in [3.05, 3.63) is 76.9 Å². The quantitative estimate of drug-likeness (QED) is 0.452. The average Bonchev–Trinajstić information content (AvgIpc) is 2.87. The van der Waals surface area contributed by atoms with Crippen LogP contribution in [0.2, 0.25) is 5.02 Å². The Bertz CT molecular complexity index is 1580. The van der Waals surface area contributed by atoms with Crippen LogP contribution in [-0.2, 0) is 6.18 Å². The first-order valence-electron chi connectivity index (χ1n) is 13.3. The van der Waals surface area contributed by atoms with Gasteiger partial charge in [0.1, 0.15) is 17.2 Å². The number of halogens is 4. The lowest BCUT2D eigenvalue weighted by atomic mass is 10.2. The molecular formula is C21H16ClF3N4O3. The number of hydrogen-bond acceptors (Lipinski definition) is 4. The summed E-state index contributed by atoms with van der Waals surface area (Å²) in [5, 5.41) is 4.17. The van der Waals surface area contributed by atoms with Crippen LogP contribution in [0.3, 0.4) is 0 Å². The maximum Gasteiger partial charge on any atom is 0.417 e. The standard InChI is InChI=1S/C21H16ClF3N4O3/c1-26-19(30)18-11-15(8-9-27-18)32-14-5-2-12(3-6-14)28-20(31)29-13-4-7-17(22)16(10-13)21(23,24)25/h2-11H,1H3,(H,26,30)(H2,28,29,31)/i1D3,2D,3D,4D,5D,6D,7D,10D. The van der Waals surface area contributed by atoms with Gasteiger partial charge >= 0.3 is 12.2 Å². The molecule has 3 amide bonds. The maximum absolute atomic E-state index is 13.4. The highest BCUT2D eigenvalue weighted by molar-refractivity contribution is 6.31. The fourth-order valence-electron chi connectivity index (χ4n) is 2.10. The van der Waals surface area contributed by atoms with E-state index in [0.29, 0.717) is 0 Å². The van der Waals surface area contributed by atoms with Gasteiger partial charge in [0, 0.05) is 34.7 Å². The molecule has 0 atom stereocenters. The fourth-order valence-corrected chi connectivity index (χ4v) is 2.30. The molecule has 0 radical (unpaired) electrons. The largest absolute Gasteiger partial charge is 0.457 e. The molecular weight excluding hydrogens is 449 g/mol. The summed E-state index contributed by atoms with van der Waals surface area (Å²) in [7, 11) is 0. The number of nitrogens with one attached hydrogen (secondary N) is 3. The van der Waals surface area contributed by atoms with E-state index in [1.807, 2.05) is 5.32 Å². The van der Waals surface area contributed by atoms with Crippen LogP contribution in [0, 0.1) is 0 Å². The van der Waals surface area contributed by atoms with Gasteiger partial charge in [-0.3, -0.25) is 9.78 Å². The van der Waals surface area contributed by atoms with E-state index in [2.05, 4.69) is 4.98 Å². The second kappa shape index (κ2) is 9.56. The van der Waals surface area contributed by atoms with Crippen LogP contribution < -0.4 is 20.7 Å². The van der Waals surface area contributed by atoms with Crippen molar-refractivity contribution in [1.29, 1.82) is 0 Å². The number of alkyl halides is 3. The Balaban J connectivity index is 1.93. The molecule has 32 heavy (non-hydrogen) atoms. The Labute approximate surface area is 199 Å². The minimum absolute atomic E-state index is 0.236. The molecule has 0 aliphatic rings. The molecule has 3 rings (SSSR count). The van der Waals surface area contributed by atoms with Crippen LogP contribution in [0.5, 0.6) is 11.5 Å². The van der Waals surface area contributed by atoms with E-state index in [0.717, 1.165) is 18.3 Å². The van der Waals surface area contributed by atoms with Gasteiger partial charge in [0.05, 0.1) is 20.2 Å². The van der Waals surface area contributed by atoms with E-state index < -0.39 is 101 Å². The van der Waals surface area contributed by atoms with Crippen LogP contribution in [0.25, 0.3) is 0 Å². The Morgan fingerprint density at radius 1 is 1.09 bits per heavy atom. The molecule has 166 valence electrons. The predicted molar refractivity (Wildman–Crippen MR) is 113 cm³/mol. The SMILES string of the molecule is [2H]c1c([2H])c(NC(=O)Nc2c([2H])c([2H])c(Oc3ccnc(C(=O)NC([2H])([2H])[2H])c3)c([2H])c2[2H])c([2H])c(C(F)(F)F)c1Cl. The molecule has 0 saturated carbocycles. The number of pyridine rings is 1. The first kappa shape index (κ1) is 12.9. The summed E-state index contributed by atoms with van der Waals surface area (Å²) in [5.74, 6) is -2.02. The van der Waals surface area contributed by atoms with Gasteiger partial charge < -0.3 is 20.7 Å². The summed E-state index contributed by atoms with van der Waals surface area (Å²) in [5.41, 5.74) is -4.01. The zero-order chi connectivity index (χ0) is 31.9. The molecule has 3 N–H and O–H groups in total. The average molecular weight is 475 g/mol. The van der Waals surface area contributed by atoms with Crippen LogP contribution in [0.4, 0.5) is 29.3 Å². The summed E-state index contributed by atoms with van der Waals surface area (Å²) in [6.45, 7) is -2.82. The third-order valence-electron chi connectivity index (χ3n) is 3.43. The van der Waals surface area contributed by atoms with E-state index >= 15 is 0 Å². The van der Waals surface area contributed by atoms with E-state index in [1.54, 1.807) is 10.6 Å². The second-order valence-corrected chi connectivity index (χ2v) is 6.03. The minimum Gasteiger partial charge on any atom is -0.457 e. The Morgan fingerprint density at radius 2 is 1.78 bits per heavy atom. The smallest absolute Gasteiger partial charge is 0.417 e. The van der Waals surface area contributed by atoms with E-state index in [4.69, 9.17) is 30.0 Å². The van der Waals surface area contributed by atoms with Gasteiger partial charge in [-0.25, -0.2) is 4.79 Å². The van der Waals surface area contributed by atoms with E-state index in [9.17, 15) is 22.8 Å². The van der Waals surface area contributed by atoms with Crippen molar-refractivity contribution in [2.45, 2.75) is 6.18 Å². The highest BCUT2D eigenvalue weighted by atomic mass is 35.5. The van der Waals surface area contributed by atoms with Crippen molar-refractivity contribution in [2.75, 3.05) is 17.6 Å². The number of ether oxygens (including phenoxy) is 1.